The second-order valence-electron chi connectivity index (χ2n) is 12.5. The van der Waals surface area contributed by atoms with Crippen LogP contribution in [0.4, 0.5) is 27.7 Å². The van der Waals surface area contributed by atoms with E-state index in [0.717, 1.165) is 69.1 Å². The minimum absolute atomic E-state index is 0.00777. The SMILES string of the molecule is C=CC(=O)Nc1cc(N(C(=O)NCC2C3COC23)C2CCC(Nc3ccc(C#N)cn3)CC2)ccc1N1CCN(C)[C@@H](C)C1. The second kappa shape index (κ2) is 12.8. The molecule has 4 aliphatic rings. The lowest BCUT2D eigenvalue weighted by Gasteiger charge is -2.40. The first-order valence-corrected chi connectivity index (χ1v) is 15.7. The Morgan fingerprint density at radius 1 is 1.20 bits per heavy atom. The molecule has 2 saturated heterocycles. The van der Waals surface area contributed by atoms with Crippen LogP contribution in [0.1, 0.15) is 38.2 Å². The molecule has 2 aliphatic heterocycles. The molecule has 6 rings (SSSR count). The van der Waals surface area contributed by atoms with Gasteiger partial charge in [0, 0.05) is 68.0 Å². The number of pyridine rings is 1. The molecule has 2 aliphatic carbocycles. The number of aromatic nitrogens is 1. The highest BCUT2D eigenvalue weighted by Gasteiger charge is 2.58. The van der Waals surface area contributed by atoms with Crippen molar-refractivity contribution < 1.29 is 14.3 Å². The lowest BCUT2D eigenvalue weighted by molar-refractivity contribution is -0.111. The summed E-state index contributed by atoms with van der Waals surface area (Å²) in [5, 5.41) is 18.8. The van der Waals surface area contributed by atoms with Crippen LogP contribution in [0, 0.1) is 23.2 Å². The first-order valence-electron chi connectivity index (χ1n) is 15.7. The molecule has 1 aromatic carbocycles. The maximum absolute atomic E-state index is 13.9. The molecule has 3 unspecified atom stereocenters. The minimum atomic E-state index is -0.284. The summed E-state index contributed by atoms with van der Waals surface area (Å²) in [6, 6.07) is 12.1. The molecule has 4 atom stereocenters. The lowest BCUT2D eigenvalue weighted by Crippen LogP contribution is -2.50. The maximum Gasteiger partial charge on any atom is 0.322 e. The molecular formula is C33H42N8O3. The fourth-order valence-corrected chi connectivity index (χ4v) is 6.76. The summed E-state index contributed by atoms with van der Waals surface area (Å²) in [5.41, 5.74) is 2.91. The summed E-state index contributed by atoms with van der Waals surface area (Å²) < 4.78 is 5.58. The molecule has 0 radical (unpaired) electrons. The lowest BCUT2D eigenvalue weighted by atomic mass is 9.89. The van der Waals surface area contributed by atoms with Crippen molar-refractivity contribution in [3.05, 3.63) is 54.7 Å². The van der Waals surface area contributed by atoms with Gasteiger partial charge in [0.2, 0.25) is 5.91 Å². The van der Waals surface area contributed by atoms with Crippen LogP contribution in [0.2, 0.25) is 0 Å². The zero-order chi connectivity index (χ0) is 30.8. The van der Waals surface area contributed by atoms with Gasteiger partial charge in [-0.05, 0) is 76.1 Å². The number of hydrogen-bond donors (Lipinski definition) is 3. The Morgan fingerprint density at radius 3 is 2.64 bits per heavy atom. The van der Waals surface area contributed by atoms with Gasteiger partial charge in [0.1, 0.15) is 11.9 Å². The Kier molecular flexibility index (Phi) is 8.73. The number of fused-ring (bicyclic) bond motifs is 1. The van der Waals surface area contributed by atoms with Crippen LogP contribution in [0.25, 0.3) is 0 Å². The van der Waals surface area contributed by atoms with Crippen molar-refractivity contribution >= 4 is 34.8 Å². The van der Waals surface area contributed by atoms with E-state index in [9.17, 15) is 9.59 Å². The number of likely N-dealkylation sites (N-methyl/N-ethyl adjacent to an activating group) is 1. The molecule has 1 aromatic heterocycles. The highest BCUT2D eigenvalue weighted by Crippen LogP contribution is 2.49. The number of carbonyl (C=O) groups is 2. The number of urea groups is 1. The van der Waals surface area contributed by atoms with Gasteiger partial charge in [0.05, 0.1) is 29.6 Å². The summed E-state index contributed by atoms with van der Waals surface area (Å²) in [6.45, 7) is 9.85. The van der Waals surface area contributed by atoms with Crippen LogP contribution in [-0.4, -0.2) is 85.9 Å². The summed E-state index contributed by atoms with van der Waals surface area (Å²) in [4.78, 5) is 37.3. The number of amides is 3. The van der Waals surface area contributed by atoms with E-state index in [2.05, 4.69) is 57.4 Å². The molecule has 11 nitrogen and oxygen atoms in total. The smallest absolute Gasteiger partial charge is 0.322 e. The number of nitrogens with zero attached hydrogens (tertiary/aromatic N) is 5. The number of benzene rings is 1. The molecule has 3 N–H and O–H groups in total. The van der Waals surface area contributed by atoms with Gasteiger partial charge in [-0.25, -0.2) is 9.78 Å². The number of carbonyl (C=O) groups excluding carboxylic acids is 2. The third-order valence-electron chi connectivity index (χ3n) is 9.75. The minimum Gasteiger partial charge on any atom is -0.377 e. The standard InChI is InChI=1S/C33H42N8O3/c1-4-31(42)38-28-15-25(10-11-29(28)40-14-13-39(3)21(2)19-40)41(33(43)36-18-26-27-20-44-32(26)27)24-8-6-23(7-9-24)37-30-12-5-22(16-34)17-35-30/h4-5,10-12,15,17,21,23-24,26-27,32H,1,6-9,13-14,18-20H2,2-3H3,(H,35,37)(H,36,43)(H,38,42)/t21-,23?,24?,26?,27?,32?/m0/s1. The van der Waals surface area contributed by atoms with E-state index in [1.165, 1.54) is 6.08 Å². The van der Waals surface area contributed by atoms with Crippen LogP contribution < -0.4 is 25.8 Å². The van der Waals surface area contributed by atoms with Crippen molar-refractivity contribution in [2.24, 2.45) is 11.8 Å². The van der Waals surface area contributed by atoms with E-state index in [4.69, 9.17) is 10.00 Å². The summed E-state index contributed by atoms with van der Waals surface area (Å²) in [7, 11) is 2.13. The van der Waals surface area contributed by atoms with Gasteiger partial charge in [-0.15, -0.1) is 0 Å². The topological polar surface area (TPSA) is 126 Å². The van der Waals surface area contributed by atoms with Crippen LogP contribution in [0.15, 0.2) is 49.2 Å². The number of nitrogens with one attached hydrogen (secondary N) is 3. The fraction of sp³-hybridized carbons (Fsp3) is 0.515. The zero-order valence-corrected chi connectivity index (χ0v) is 25.5. The predicted molar refractivity (Wildman–Crippen MR) is 171 cm³/mol. The molecule has 44 heavy (non-hydrogen) atoms. The highest BCUT2D eigenvalue weighted by atomic mass is 16.5. The van der Waals surface area contributed by atoms with Gasteiger partial charge in [0.25, 0.3) is 0 Å². The summed E-state index contributed by atoms with van der Waals surface area (Å²) in [6.07, 6.45) is 6.51. The first kappa shape index (κ1) is 29.9. The summed E-state index contributed by atoms with van der Waals surface area (Å²) in [5.74, 6) is 1.44. The number of hydrogen-bond acceptors (Lipinski definition) is 8. The fourth-order valence-electron chi connectivity index (χ4n) is 6.76. The molecular weight excluding hydrogens is 556 g/mol. The van der Waals surface area contributed by atoms with Crippen molar-refractivity contribution in [1.29, 1.82) is 5.26 Å². The zero-order valence-electron chi connectivity index (χ0n) is 25.5. The van der Waals surface area contributed by atoms with Crippen molar-refractivity contribution in [2.45, 2.75) is 56.8 Å². The maximum atomic E-state index is 13.9. The van der Waals surface area contributed by atoms with E-state index >= 15 is 0 Å². The Hall–Kier alpha value is -4.14. The number of anilines is 4. The Morgan fingerprint density at radius 2 is 2.00 bits per heavy atom. The molecule has 232 valence electrons. The molecule has 0 spiro atoms. The second-order valence-corrected chi connectivity index (χ2v) is 12.5. The van der Waals surface area contributed by atoms with Crippen molar-refractivity contribution in [3.8, 4) is 6.07 Å². The van der Waals surface area contributed by atoms with E-state index in [-0.39, 0.29) is 24.0 Å². The number of rotatable bonds is 9. The molecule has 3 heterocycles. The van der Waals surface area contributed by atoms with Crippen molar-refractivity contribution in [2.75, 3.05) is 60.3 Å². The molecule has 0 bridgehead atoms. The van der Waals surface area contributed by atoms with E-state index in [1.54, 1.807) is 12.3 Å². The van der Waals surface area contributed by atoms with E-state index < -0.39 is 0 Å². The third-order valence-corrected chi connectivity index (χ3v) is 9.75. The quantitative estimate of drug-likeness (QED) is 0.372. The molecule has 11 heteroatoms. The number of ether oxygens (including phenoxy) is 1. The molecule has 2 saturated carbocycles. The van der Waals surface area contributed by atoms with Gasteiger partial charge in [-0.2, -0.15) is 5.26 Å². The van der Waals surface area contributed by atoms with Crippen molar-refractivity contribution in [3.63, 3.8) is 0 Å². The van der Waals surface area contributed by atoms with Gasteiger partial charge in [-0.1, -0.05) is 6.58 Å². The monoisotopic (exact) mass is 598 g/mol. The predicted octanol–water partition coefficient (Wildman–Crippen LogP) is 3.80. The van der Waals surface area contributed by atoms with Crippen LogP contribution in [-0.2, 0) is 9.53 Å². The average molecular weight is 599 g/mol. The Balaban J connectivity index is 1.21. The molecule has 2 aromatic rings. The number of piperazine rings is 1. The van der Waals surface area contributed by atoms with Gasteiger partial charge in [0.15, 0.2) is 0 Å². The first-order chi connectivity index (χ1) is 21.3. The molecule has 3 amide bonds. The van der Waals surface area contributed by atoms with Crippen LogP contribution >= 0.6 is 0 Å². The normalized spacial score (nSPS) is 27.6. The van der Waals surface area contributed by atoms with Gasteiger partial charge in [-0.3, -0.25) is 9.69 Å². The summed E-state index contributed by atoms with van der Waals surface area (Å²) >= 11 is 0. The van der Waals surface area contributed by atoms with Crippen molar-refractivity contribution in [1.82, 2.24) is 15.2 Å². The third kappa shape index (κ3) is 6.37. The highest BCUT2D eigenvalue weighted by molar-refractivity contribution is 6.02. The molecule has 4 fully saturated rings. The average Bonchev–Trinajstić information content (AvgIpc) is 3.55. The van der Waals surface area contributed by atoms with E-state index in [0.29, 0.717) is 41.8 Å². The Bertz CT molecular complexity index is 1410. The van der Waals surface area contributed by atoms with Crippen LogP contribution in [0.5, 0.6) is 0 Å². The number of nitriles is 1. The van der Waals surface area contributed by atoms with Crippen LogP contribution in [0.3, 0.4) is 0 Å². The Labute approximate surface area is 259 Å². The largest absolute Gasteiger partial charge is 0.377 e. The van der Waals surface area contributed by atoms with Gasteiger partial charge < -0.3 is 30.5 Å². The van der Waals surface area contributed by atoms with Gasteiger partial charge >= 0.3 is 6.03 Å². The van der Waals surface area contributed by atoms with E-state index in [1.807, 2.05) is 29.2 Å².